The largest absolute Gasteiger partial charge is 0.463 e. The van der Waals surface area contributed by atoms with Gasteiger partial charge in [0.25, 0.3) is 0 Å². The van der Waals surface area contributed by atoms with Crippen LogP contribution in [0.15, 0.2) is 11.5 Å². The summed E-state index contributed by atoms with van der Waals surface area (Å²) in [6.45, 7) is 5.62. The van der Waals surface area contributed by atoms with Crippen LogP contribution in [0.1, 0.15) is 24.4 Å². The second-order valence-corrected chi connectivity index (χ2v) is 4.70. The Morgan fingerprint density at radius 2 is 2.37 bits per heavy atom. The van der Waals surface area contributed by atoms with E-state index in [1.54, 1.807) is 11.4 Å². The molecular formula is C11H14N4O3S. The molecule has 7 nitrogen and oxygen atoms in total. The number of esters is 1. The number of fused-ring (bicyclic) bond motifs is 1. The second kappa shape index (κ2) is 5.79. The van der Waals surface area contributed by atoms with E-state index < -0.39 is 5.97 Å². The van der Waals surface area contributed by atoms with Gasteiger partial charge < -0.3 is 9.57 Å². The molecule has 8 heteroatoms. The fraction of sp³-hybridized carbons (Fsp3) is 0.455. The molecular weight excluding hydrogens is 268 g/mol. The highest BCUT2D eigenvalue weighted by Gasteiger charge is 2.13. The lowest BCUT2D eigenvalue weighted by molar-refractivity contribution is -0.148. The molecule has 0 aliphatic carbocycles. The molecule has 0 fully saturated rings. The highest BCUT2D eigenvalue weighted by atomic mass is 32.1. The van der Waals surface area contributed by atoms with E-state index in [-0.39, 0.29) is 6.61 Å². The third-order valence-electron chi connectivity index (χ3n) is 2.37. The first-order valence-corrected chi connectivity index (χ1v) is 6.56. The summed E-state index contributed by atoms with van der Waals surface area (Å²) >= 11 is 1.47. The van der Waals surface area contributed by atoms with Gasteiger partial charge in [0.1, 0.15) is 6.33 Å². The zero-order chi connectivity index (χ0) is 13.8. The van der Waals surface area contributed by atoms with Crippen molar-refractivity contribution in [2.24, 2.45) is 5.16 Å². The van der Waals surface area contributed by atoms with E-state index in [2.05, 4.69) is 15.2 Å². The summed E-state index contributed by atoms with van der Waals surface area (Å²) in [7, 11) is 0. The molecule has 0 amide bonds. The number of carbonyl (C=O) groups excluding carboxylic acids is 1. The molecule has 0 bridgehead atoms. The predicted octanol–water partition coefficient (Wildman–Crippen LogP) is 1.40. The monoisotopic (exact) mass is 282 g/mol. The topological polar surface area (TPSA) is 78.1 Å². The van der Waals surface area contributed by atoms with Crippen LogP contribution in [0.5, 0.6) is 0 Å². The Balaban J connectivity index is 2.06. The Kier molecular flexibility index (Phi) is 4.10. The summed E-state index contributed by atoms with van der Waals surface area (Å²) in [6, 6.07) is 0. The van der Waals surface area contributed by atoms with Crippen LogP contribution in [-0.4, -0.2) is 39.5 Å². The minimum Gasteiger partial charge on any atom is -0.463 e. The van der Waals surface area contributed by atoms with Gasteiger partial charge in [-0.2, -0.15) is 5.10 Å². The minimum atomic E-state index is -0.432. The Morgan fingerprint density at radius 3 is 3.05 bits per heavy atom. The lowest BCUT2D eigenvalue weighted by Gasteiger charge is -2.01. The van der Waals surface area contributed by atoms with Gasteiger partial charge >= 0.3 is 5.97 Å². The number of aromatic nitrogens is 3. The van der Waals surface area contributed by atoms with Crippen molar-refractivity contribution in [2.45, 2.75) is 20.8 Å². The molecule has 0 N–H and O–H groups in total. The fourth-order valence-electron chi connectivity index (χ4n) is 1.55. The molecule has 0 aliphatic heterocycles. The van der Waals surface area contributed by atoms with Crippen LogP contribution in [0.3, 0.4) is 0 Å². The number of rotatable bonds is 5. The van der Waals surface area contributed by atoms with Crippen LogP contribution in [0.4, 0.5) is 0 Å². The van der Waals surface area contributed by atoms with E-state index in [0.717, 1.165) is 15.5 Å². The maximum absolute atomic E-state index is 11.1. The molecule has 0 spiro atoms. The van der Waals surface area contributed by atoms with Gasteiger partial charge in [-0.1, -0.05) is 16.5 Å². The molecule has 2 aromatic heterocycles. The van der Waals surface area contributed by atoms with Gasteiger partial charge in [-0.05, 0) is 20.8 Å². The van der Waals surface area contributed by atoms with Crippen molar-refractivity contribution in [3.63, 3.8) is 0 Å². The van der Waals surface area contributed by atoms with Gasteiger partial charge in [-0.15, -0.1) is 0 Å². The van der Waals surface area contributed by atoms with Gasteiger partial charge in [0.2, 0.25) is 11.6 Å². The minimum absolute atomic E-state index is 0.189. The van der Waals surface area contributed by atoms with E-state index in [1.165, 1.54) is 17.7 Å². The van der Waals surface area contributed by atoms with E-state index in [0.29, 0.717) is 12.3 Å². The van der Waals surface area contributed by atoms with Gasteiger partial charge in [-0.25, -0.2) is 14.3 Å². The quantitative estimate of drug-likeness (QED) is 0.470. The van der Waals surface area contributed by atoms with Crippen molar-refractivity contribution in [1.29, 1.82) is 0 Å². The van der Waals surface area contributed by atoms with Crippen molar-refractivity contribution in [3.05, 3.63) is 16.9 Å². The van der Waals surface area contributed by atoms with Crippen molar-refractivity contribution < 1.29 is 14.4 Å². The van der Waals surface area contributed by atoms with Crippen LogP contribution in [-0.2, 0) is 14.4 Å². The zero-order valence-electron chi connectivity index (χ0n) is 10.9. The molecule has 2 heterocycles. The molecule has 0 aliphatic rings. The summed E-state index contributed by atoms with van der Waals surface area (Å²) in [6.07, 6.45) is 1.51. The van der Waals surface area contributed by atoms with Crippen LogP contribution < -0.4 is 0 Å². The smallest absolute Gasteiger partial charge is 0.347 e. The number of carbonyl (C=O) groups is 1. The van der Waals surface area contributed by atoms with Crippen molar-refractivity contribution in [3.8, 4) is 0 Å². The molecule has 0 saturated carbocycles. The summed E-state index contributed by atoms with van der Waals surface area (Å²) < 4.78 is 6.47. The second-order valence-electron chi connectivity index (χ2n) is 3.73. The molecule has 102 valence electrons. The highest BCUT2D eigenvalue weighted by Crippen LogP contribution is 2.21. The van der Waals surface area contributed by atoms with Crippen molar-refractivity contribution in [2.75, 3.05) is 13.2 Å². The maximum Gasteiger partial charge on any atom is 0.347 e. The summed E-state index contributed by atoms with van der Waals surface area (Å²) in [4.78, 5) is 21.9. The maximum atomic E-state index is 11.1. The SMILES string of the molecule is CCOC(=O)CO/N=C(/C)c1sc2ncnn2c1C. The van der Waals surface area contributed by atoms with E-state index in [4.69, 9.17) is 9.57 Å². The number of aryl methyl sites for hydroxylation is 1. The van der Waals surface area contributed by atoms with Gasteiger partial charge in [0.15, 0.2) is 0 Å². The van der Waals surface area contributed by atoms with Gasteiger partial charge in [0.05, 0.1) is 22.9 Å². The van der Waals surface area contributed by atoms with E-state index in [9.17, 15) is 4.79 Å². The van der Waals surface area contributed by atoms with Crippen molar-refractivity contribution >= 4 is 28.0 Å². The van der Waals surface area contributed by atoms with Gasteiger partial charge in [0, 0.05) is 0 Å². The molecule has 0 aromatic carbocycles. The molecule has 19 heavy (non-hydrogen) atoms. The Morgan fingerprint density at radius 1 is 1.58 bits per heavy atom. The third-order valence-corrected chi connectivity index (χ3v) is 3.63. The number of hydrogen-bond acceptors (Lipinski definition) is 7. The zero-order valence-corrected chi connectivity index (χ0v) is 11.7. The lowest BCUT2D eigenvalue weighted by atomic mass is 10.3. The first kappa shape index (κ1) is 13.5. The average Bonchev–Trinajstić information content (AvgIpc) is 2.93. The Bertz CT molecular complexity index is 617. The number of hydrogen-bond donors (Lipinski definition) is 0. The summed E-state index contributed by atoms with van der Waals surface area (Å²) in [5.41, 5.74) is 1.62. The normalized spacial score (nSPS) is 11.8. The molecule has 0 atom stereocenters. The third kappa shape index (κ3) is 2.90. The Labute approximate surface area is 113 Å². The first-order valence-electron chi connectivity index (χ1n) is 5.75. The first-order chi connectivity index (χ1) is 9.13. The van der Waals surface area contributed by atoms with Crippen LogP contribution in [0, 0.1) is 6.92 Å². The van der Waals surface area contributed by atoms with Gasteiger partial charge in [-0.3, -0.25) is 0 Å². The predicted molar refractivity (Wildman–Crippen MR) is 70.4 cm³/mol. The number of ether oxygens (including phenoxy) is 1. The van der Waals surface area contributed by atoms with Crippen LogP contribution in [0.25, 0.3) is 4.96 Å². The number of thiazole rings is 1. The molecule has 0 saturated heterocycles. The lowest BCUT2D eigenvalue weighted by Crippen LogP contribution is -2.11. The Hall–Kier alpha value is -1.96. The van der Waals surface area contributed by atoms with Crippen LogP contribution >= 0.6 is 11.3 Å². The molecule has 2 rings (SSSR count). The average molecular weight is 282 g/mol. The van der Waals surface area contributed by atoms with Crippen LogP contribution in [0.2, 0.25) is 0 Å². The van der Waals surface area contributed by atoms with E-state index >= 15 is 0 Å². The standard InChI is InChI=1S/C11H14N4O3S/c1-4-17-9(16)5-18-14-7(2)10-8(3)15-11(19-10)12-6-13-15/h6H,4-5H2,1-3H3/b14-7-. The molecule has 0 radical (unpaired) electrons. The summed E-state index contributed by atoms with van der Waals surface area (Å²) in [5, 5.41) is 8.01. The van der Waals surface area contributed by atoms with Crippen molar-refractivity contribution in [1.82, 2.24) is 14.6 Å². The fourth-order valence-corrected chi connectivity index (χ4v) is 2.53. The molecule has 2 aromatic rings. The highest BCUT2D eigenvalue weighted by molar-refractivity contribution is 7.19. The molecule has 0 unspecified atom stereocenters. The summed E-state index contributed by atoms with van der Waals surface area (Å²) in [5.74, 6) is -0.432. The van der Waals surface area contributed by atoms with E-state index in [1.807, 2.05) is 13.8 Å². The number of nitrogens with zero attached hydrogens (tertiary/aromatic N) is 4. The number of oxime groups is 1.